The van der Waals surface area contributed by atoms with Gasteiger partial charge in [0.2, 0.25) is 0 Å². The number of benzene rings is 3. The van der Waals surface area contributed by atoms with Crippen molar-refractivity contribution >= 4 is 23.2 Å². The normalized spacial score (nSPS) is 11.4. The summed E-state index contributed by atoms with van der Waals surface area (Å²) in [7, 11) is 0. The quantitative estimate of drug-likeness (QED) is 0.370. The van der Waals surface area contributed by atoms with Crippen LogP contribution in [0.1, 0.15) is 29.0 Å². The maximum atomic E-state index is 13.7. The largest absolute Gasteiger partial charge is 0.494 e. The van der Waals surface area contributed by atoms with Gasteiger partial charge in [-0.25, -0.2) is 13.8 Å². The van der Waals surface area contributed by atoms with E-state index in [4.69, 9.17) is 4.74 Å². The van der Waals surface area contributed by atoms with Crippen molar-refractivity contribution in [3.63, 3.8) is 0 Å². The Morgan fingerprint density at radius 1 is 0.917 bits per heavy atom. The first-order valence-electron chi connectivity index (χ1n) is 11.1. The third-order valence-electron chi connectivity index (χ3n) is 5.23. The molecule has 0 aliphatic heterocycles. The highest BCUT2D eigenvalue weighted by molar-refractivity contribution is 6.11. The summed E-state index contributed by atoms with van der Waals surface area (Å²) >= 11 is 0. The van der Waals surface area contributed by atoms with Gasteiger partial charge < -0.3 is 10.1 Å². The summed E-state index contributed by atoms with van der Waals surface area (Å²) in [5.41, 5.74) is 1.05. The number of nitrogens with one attached hydrogen (secondary N) is 1. The summed E-state index contributed by atoms with van der Waals surface area (Å²) in [6, 6.07) is 15.9. The number of nitrogens with zero attached hydrogens (tertiary/aromatic N) is 3. The zero-order valence-corrected chi connectivity index (χ0v) is 19.3. The van der Waals surface area contributed by atoms with Gasteiger partial charge in [0.15, 0.2) is 0 Å². The van der Waals surface area contributed by atoms with Gasteiger partial charge in [-0.2, -0.15) is 0 Å². The molecular formula is C27H22F2N4O3. The van der Waals surface area contributed by atoms with Crippen LogP contribution in [0.4, 0.5) is 20.2 Å². The standard InChI is InChI=1S/C27H22F2N4O3/c1-2-36-23-13-3-18(4-14-23)25(26(34)32-21-9-5-19(28)6-10-21)33(22-11-7-20(29)8-12-22)27(35)24-17-30-15-16-31-24/h3-17,25H,2H2,1H3,(H,32,34). The van der Waals surface area contributed by atoms with Gasteiger partial charge in [0, 0.05) is 23.8 Å². The number of carbonyl (C=O) groups excluding carboxylic acids is 2. The third-order valence-corrected chi connectivity index (χ3v) is 5.23. The minimum atomic E-state index is -1.20. The van der Waals surface area contributed by atoms with Crippen molar-refractivity contribution in [2.75, 3.05) is 16.8 Å². The molecule has 182 valence electrons. The molecule has 0 aliphatic carbocycles. The van der Waals surface area contributed by atoms with E-state index >= 15 is 0 Å². The van der Waals surface area contributed by atoms with E-state index in [1.807, 2.05) is 6.92 Å². The maximum absolute atomic E-state index is 13.7. The zero-order chi connectivity index (χ0) is 25.5. The molecular weight excluding hydrogens is 466 g/mol. The van der Waals surface area contributed by atoms with Gasteiger partial charge in [0.1, 0.15) is 29.1 Å². The highest BCUT2D eigenvalue weighted by Crippen LogP contribution is 2.31. The molecule has 3 aromatic carbocycles. The number of halogens is 2. The van der Waals surface area contributed by atoms with Crippen LogP contribution in [-0.4, -0.2) is 28.4 Å². The number of carbonyl (C=O) groups is 2. The van der Waals surface area contributed by atoms with Gasteiger partial charge >= 0.3 is 0 Å². The fraction of sp³-hybridized carbons (Fsp3) is 0.111. The van der Waals surface area contributed by atoms with Crippen LogP contribution in [0.5, 0.6) is 5.75 Å². The Labute approximate surface area is 206 Å². The summed E-state index contributed by atoms with van der Waals surface area (Å²) in [4.78, 5) is 36.6. The molecule has 0 radical (unpaired) electrons. The summed E-state index contributed by atoms with van der Waals surface area (Å²) in [5.74, 6) is -1.57. The van der Waals surface area contributed by atoms with Crippen molar-refractivity contribution in [2.24, 2.45) is 0 Å². The molecule has 4 aromatic rings. The van der Waals surface area contributed by atoms with E-state index in [1.54, 1.807) is 24.3 Å². The Morgan fingerprint density at radius 3 is 2.14 bits per heavy atom. The number of ether oxygens (including phenoxy) is 1. The third kappa shape index (κ3) is 5.69. The van der Waals surface area contributed by atoms with Crippen LogP contribution in [0.15, 0.2) is 91.4 Å². The Morgan fingerprint density at radius 2 is 1.56 bits per heavy atom. The number of anilines is 2. The molecule has 0 spiro atoms. The second kappa shape index (κ2) is 11.2. The van der Waals surface area contributed by atoms with Crippen molar-refractivity contribution in [1.29, 1.82) is 0 Å². The van der Waals surface area contributed by atoms with Crippen LogP contribution in [0.3, 0.4) is 0 Å². The maximum Gasteiger partial charge on any atom is 0.279 e. The lowest BCUT2D eigenvalue weighted by Crippen LogP contribution is -2.42. The SMILES string of the molecule is CCOc1ccc(C(C(=O)Nc2ccc(F)cc2)N(C(=O)c2cnccn2)c2ccc(F)cc2)cc1. The monoisotopic (exact) mass is 488 g/mol. The van der Waals surface area contributed by atoms with Gasteiger partial charge in [0.25, 0.3) is 11.8 Å². The lowest BCUT2D eigenvalue weighted by atomic mass is 10.0. The average Bonchev–Trinajstić information content (AvgIpc) is 2.90. The van der Waals surface area contributed by atoms with Crippen LogP contribution >= 0.6 is 0 Å². The smallest absolute Gasteiger partial charge is 0.279 e. The van der Waals surface area contributed by atoms with Crippen LogP contribution in [0.25, 0.3) is 0 Å². The molecule has 0 saturated carbocycles. The number of hydrogen-bond donors (Lipinski definition) is 1. The molecule has 36 heavy (non-hydrogen) atoms. The second-order valence-electron chi connectivity index (χ2n) is 7.64. The van der Waals surface area contributed by atoms with Crippen molar-refractivity contribution in [2.45, 2.75) is 13.0 Å². The van der Waals surface area contributed by atoms with Gasteiger partial charge in [-0.3, -0.25) is 19.5 Å². The summed E-state index contributed by atoms with van der Waals surface area (Å²) in [5, 5.41) is 2.73. The lowest BCUT2D eigenvalue weighted by molar-refractivity contribution is -0.117. The first kappa shape index (κ1) is 24.5. The molecule has 1 unspecified atom stereocenters. The average molecular weight is 488 g/mol. The van der Waals surface area contributed by atoms with Gasteiger partial charge in [0.05, 0.1) is 12.8 Å². The predicted octanol–water partition coefficient (Wildman–Crippen LogP) is 5.18. The number of aromatic nitrogens is 2. The molecule has 1 atom stereocenters. The first-order valence-corrected chi connectivity index (χ1v) is 11.1. The minimum absolute atomic E-state index is 0.00709. The zero-order valence-electron chi connectivity index (χ0n) is 19.3. The topological polar surface area (TPSA) is 84.4 Å². The molecule has 2 amide bonds. The first-order chi connectivity index (χ1) is 17.5. The molecule has 0 saturated heterocycles. The molecule has 1 aromatic heterocycles. The number of amides is 2. The lowest BCUT2D eigenvalue weighted by Gasteiger charge is -2.31. The number of hydrogen-bond acceptors (Lipinski definition) is 5. The van der Waals surface area contributed by atoms with Gasteiger partial charge in [-0.15, -0.1) is 0 Å². The van der Waals surface area contributed by atoms with Crippen LogP contribution in [-0.2, 0) is 4.79 Å². The molecule has 0 fully saturated rings. The van der Waals surface area contributed by atoms with E-state index in [0.29, 0.717) is 23.6 Å². The van der Waals surface area contributed by atoms with E-state index in [9.17, 15) is 18.4 Å². The van der Waals surface area contributed by atoms with Crippen LogP contribution in [0, 0.1) is 11.6 Å². The van der Waals surface area contributed by atoms with Gasteiger partial charge in [-0.1, -0.05) is 12.1 Å². The summed E-state index contributed by atoms with van der Waals surface area (Å²) in [6.45, 7) is 2.31. The summed E-state index contributed by atoms with van der Waals surface area (Å²) in [6.07, 6.45) is 4.07. The van der Waals surface area contributed by atoms with Crippen LogP contribution in [0.2, 0.25) is 0 Å². The molecule has 0 aliphatic rings. The van der Waals surface area contributed by atoms with Crippen LogP contribution < -0.4 is 15.0 Å². The minimum Gasteiger partial charge on any atom is -0.494 e. The predicted molar refractivity (Wildman–Crippen MR) is 131 cm³/mol. The summed E-state index contributed by atoms with van der Waals surface area (Å²) < 4.78 is 32.7. The Kier molecular flexibility index (Phi) is 7.60. The van der Waals surface area contributed by atoms with E-state index in [-0.39, 0.29) is 11.4 Å². The molecule has 9 heteroatoms. The van der Waals surface area contributed by atoms with E-state index in [2.05, 4.69) is 15.3 Å². The van der Waals surface area contributed by atoms with Crippen molar-refractivity contribution in [3.05, 3.63) is 114 Å². The fourth-order valence-electron chi connectivity index (χ4n) is 3.59. The Balaban J connectivity index is 1.82. The fourth-order valence-corrected chi connectivity index (χ4v) is 3.59. The molecule has 0 bridgehead atoms. The van der Waals surface area contributed by atoms with Crippen molar-refractivity contribution < 1.29 is 23.1 Å². The highest BCUT2D eigenvalue weighted by atomic mass is 19.1. The van der Waals surface area contributed by atoms with E-state index in [0.717, 1.165) is 0 Å². The highest BCUT2D eigenvalue weighted by Gasteiger charge is 2.34. The van der Waals surface area contributed by atoms with Crippen molar-refractivity contribution in [1.82, 2.24) is 9.97 Å². The Hall–Kier alpha value is -4.66. The number of rotatable bonds is 8. The second-order valence-corrected chi connectivity index (χ2v) is 7.64. The van der Waals surface area contributed by atoms with Crippen molar-refractivity contribution in [3.8, 4) is 5.75 Å². The molecule has 4 rings (SSSR count). The molecule has 1 N–H and O–H groups in total. The molecule has 1 heterocycles. The molecule has 7 nitrogen and oxygen atoms in total. The van der Waals surface area contributed by atoms with Gasteiger partial charge in [-0.05, 0) is 73.2 Å². The Bertz CT molecular complexity index is 1320. The van der Waals surface area contributed by atoms with E-state index in [1.165, 1.54) is 72.0 Å². The van der Waals surface area contributed by atoms with E-state index < -0.39 is 29.5 Å².